The summed E-state index contributed by atoms with van der Waals surface area (Å²) in [7, 11) is 0. The van der Waals surface area contributed by atoms with E-state index in [4.69, 9.17) is 14.9 Å². The number of hydrogen-bond acceptors (Lipinski definition) is 5. The van der Waals surface area contributed by atoms with Gasteiger partial charge in [0.2, 0.25) is 0 Å². The van der Waals surface area contributed by atoms with E-state index in [2.05, 4.69) is 0 Å². The molecule has 0 amide bonds. The third-order valence-corrected chi connectivity index (χ3v) is 8.07. The van der Waals surface area contributed by atoms with E-state index >= 15 is 26.3 Å². The second-order valence-corrected chi connectivity index (χ2v) is 11.4. The highest BCUT2D eigenvalue weighted by atomic mass is 19.4. The second-order valence-electron chi connectivity index (χ2n) is 11.4. The van der Waals surface area contributed by atoms with E-state index in [9.17, 15) is 55.7 Å². The van der Waals surface area contributed by atoms with Crippen LogP contribution >= 0.6 is 0 Å². The first-order valence-electron chi connectivity index (χ1n) is 14.5. The van der Waals surface area contributed by atoms with Gasteiger partial charge in [0, 0.05) is 22.3 Å². The number of benzene rings is 4. The lowest BCUT2D eigenvalue weighted by Crippen LogP contribution is -2.51. The minimum absolute atomic E-state index is 0.0696. The summed E-state index contributed by atoms with van der Waals surface area (Å²) < 4.78 is 183. The van der Waals surface area contributed by atoms with Crippen molar-refractivity contribution in [3.05, 3.63) is 129 Å². The molecule has 4 aromatic rings. The SMILES string of the molecule is O=C(O)c1ccc(C(F)(F)C(F)(c2ccc(Oc3ccc(C(F)(C(F)(F)F)C(F)(F)c4ccc(C(=O)O)c(C(=O)O)c4)cc3)cc2)C(F)(F)F)cc1C(=O)O. The van der Waals surface area contributed by atoms with Crippen LogP contribution in [0.1, 0.15) is 63.7 Å². The van der Waals surface area contributed by atoms with Gasteiger partial charge < -0.3 is 25.2 Å². The fourth-order valence-electron chi connectivity index (χ4n) is 5.29. The average molecular weight is 798 g/mol. The average Bonchev–Trinajstić information content (AvgIpc) is 3.09. The Hall–Kier alpha value is -6.28. The molecule has 0 radical (unpaired) electrons. The molecule has 0 aliphatic heterocycles. The van der Waals surface area contributed by atoms with Crippen molar-refractivity contribution < 1.29 is 97.0 Å². The number of hydrogen-bond donors (Lipinski definition) is 4. The lowest BCUT2D eigenvalue weighted by Gasteiger charge is -2.36. The molecular weight excluding hydrogens is 780 g/mol. The Bertz CT molecular complexity index is 2010. The van der Waals surface area contributed by atoms with Gasteiger partial charge in [-0.15, -0.1) is 0 Å². The summed E-state index contributed by atoms with van der Waals surface area (Å²) in [5, 5.41) is 36.5. The van der Waals surface area contributed by atoms with Crippen LogP contribution in [0, 0.1) is 0 Å². The van der Waals surface area contributed by atoms with Gasteiger partial charge in [0.15, 0.2) is 0 Å². The van der Waals surface area contributed by atoms with Crippen LogP contribution in [0.5, 0.6) is 11.5 Å². The lowest BCUT2D eigenvalue weighted by molar-refractivity contribution is -0.315. The molecule has 55 heavy (non-hydrogen) atoms. The number of carboxylic acid groups (broad SMARTS) is 4. The van der Waals surface area contributed by atoms with E-state index in [0.29, 0.717) is 24.3 Å². The number of carbonyl (C=O) groups is 4. The van der Waals surface area contributed by atoms with Gasteiger partial charge in [-0.1, -0.05) is 36.4 Å². The molecule has 0 aromatic heterocycles. The minimum atomic E-state index is -6.43. The van der Waals surface area contributed by atoms with E-state index in [1.807, 2.05) is 0 Å². The zero-order valence-electron chi connectivity index (χ0n) is 26.4. The zero-order chi connectivity index (χ0) is 41.7. The van der Waals surface area contributed by atoms with Crippen LogP contribution in [0.25, 0.3) is 0 Å². The Morgan fingerprint density at radius 3 is 0.873 bits per heavy atom. The first kappa shape index (κ1) is 41.5. The Labute approximate surface area is 297 Å². The monoisotopic (exact) mass is 798 g/mol. The minimum Gasteiger partial charge on any atom is -0.478 e. The second kappa shape index (κ2) is 13.9. The van der Waals surface area contributed by atoms with Crippen LogP contribution in [0.2, 0.25) is 0 Å². The smallest absolute Gasteiger partial charge is 0.433 e. The molecule has 2 atom stereocenters. The van der Waals surface area contributed by atoms with Crippen molar-refractivity contribution in [1.29, 1.82) is 0 Å². The van der Waals surface area contributed by atoms with Gasteiger partial charge in [-0.2, -0.15) is 43.9 Å². The van der Waals surface area contributed by atoms with Gasteiger partial charge in [-0.25, -0.2) is 28.0 Å². The highest BCUT2D eigenvalue weighted by Gasteiger charge is 2.74. The topological polar surface area (TPSA) is 158 Å². The molecule has 0 aliphatic carbocycles. The summed E-state index contributed by atoms with van der Waals surface area (Å²) in [6.45, 7) is 0. The van der Waals surface area contributed by atoms with Crippen molar-refractivity contribution in [3.8, 4) is 11.5 Å². The summed E-state index contributed by atoms with van der Waals surface area (Å²) in [6, 6.07) is 2.64. The Morgan fingerprint density at radius 1 is 0.382 bits per heavy atom. The number of ether oxygens (including phenoxy) is 1. The molecule has 9 nitrogen and oxygen atoms in total. The van der Waals surface area contributed by atoms with Crippen molar-refractivity contribution in [2.75, 3.05) is 0 Å². The van der Waals surface area contributed by atoms with E-state index in [-0.39, 0.29) is 60.7 Å². The number of alkyl halides is 12. The highest BCUT2D eigenvalue weighted by molar-refractivity contribution is 6.02. The Balaban J connectivity index is 1.70. The van der Waals surface area contributed by atoms with Gasteiger partial charge in [0.1, 0.15) is 11.5 Å². The predicted molar refractivity (Wildman–Crippen MR) is 159 cm³/mol. The standard InChI is InChI=1S/C34H18F12O9/c35-29(33(41,42)43,31(37,38)17-5-11-21(25(47)48)23(13-17)27(51)52)15-1-7-19(8-2-15)55-20-9-3-16(4-10-20)30(36,34(44,45)46)32(39,40)18-6-12-22(26(49)50)24(14-18)28(53)54/h1-14H,(H,47,48)(H,49,50)(H,51,52)(H,53,54). The van der Waals surface area contributed by atoms with Crippen LogP contribution in [0.15, 0.2) is 84.9 Å². The summed E-state index contributed by atoms with van der Waals surface area (Å²) in [5.41, 5.74) is -23.6. The lowest BCUT2D eigenvalue weighted by atomic mass is 9.83. The summed E-state index contributed by atoms with van der Waals surface area (Å²) >= 11 is 0. The molecule has 0 bridgehead atoms. The molecule has 4 aromatic carbocycles. The molecule has 0 heterocycles. The third kappa shape index (κ3) is 6.96. The summed E-state index contributed by atoms with van der Waals surface area (Å²) in [6.07, 6.45) is -12.9. The number of rotatable bonds is 12. The van der Waals surface area contributed by atoms with E-state index in [0.717, 1.165) is 0 Å². The van der Waals surface area contributed by atoms with Crippen LogP contribution in [0.3, 0.4) is 0 Å². The molecule has 0 aliphatic rings. The number of halogens is 12. The Kier molecular flexibility index (Phi) is 10.4. The maximum absolute atomic E-state index is 15.8. The molecule has 21 heteroatoms. The van der Waals surface area contributed by atoms with Crippen molar-refractivity contribution in [1.82, 2.24) is 0 Å². The molecule has 4 N–H and O–H groups in total. The van der Waals surface area contributed by atoms with Gasteiger partial charge >= 0.3 is 48.1 Å². The third-order valence-electron chi connectivity index (χ3n) is 8.07. The van der Waals surface area contributed by atoms with Gasteiger partial charge in [0.25, 0.3) is 11.3 Å². The highest BCUT2D eigenvalue weighted by Crippen LogP contribution is 2.59. The molecule has 2 unspecified atom stereocenters. The van der Waals surface area contributed by atoms with E-state index in [1.54, 1.807) is 0 Å². The Morgan fingerprint density at radius 2 is 0.636 bits per heavy atom. The van der Waals surface area contributed by atoms with Crippen LogP contribution in [-0.4, -0.2) is 56.7 Å². The van der Waals surface area contributed by atoms with Gasteiger partial charge in [-0.05, 0) is 48.5 Å². The molecule has 0 saturated heterocycles. The first-order chi connectivity index (χ1) is 25.1. The first-order valence-corrected chi connectivity index (χ1v) is 14.5. The van der Waals surface area contributed by atoms with Crippen molar-refractivity contribution in [2.45, 2.75) is 35.5 Å². The maximum Gasteiger partial charge on any atom is 0.433 e. The molecule has 0 saturated carbocycles. The molecule has 4 rings (SSSR count). The summed E-state index contributed by atoms with van der Waals surface area (Å²) in [4.78, 5) is 45.3. The van der Waals surface area contributed by atoms with E-state index in [1.165, 1.54) is 0 Å². The molecule has 0 fully saturated rings. The van der Waals surface area contributed by atoms with E-state index < -0.39 is 115 Å². The molecule has 292 valence electrons. The summed E-state index contributed by atoms with van der Waals surface area (Å²) in [5.74, 6) is -20.7. The van der Waals surface area contributed by atoms with Crippen molar-refractivity contribution in [3.63, 3.8) is 0 Å². The molecular formula is C34H18F12O9. The number of aromatic carboxylic acids is 4. The normalized spacial score (nSPS) is 14.7. The zero-order valence-corrected chi connectivity index (χ0v) is 26.4. The predicted octanol–water partition coefficient (Wildman–Crippen LogP) is 9.31. The van der Waals surface area contributed by atoms with Crippen molar-refractivity contribution >= 4 is 23.9 Å². The van der Waals surface area contributed by atoms with Crippen molar-refractivity contribution in [2.24, 2.45) is 0 Å². The fourth-order valence-corrected chi connectivity index (χ4v) is 5.29. The number of carboxylic acids is 4. The van der Waals surface area contributed by atoms with Crippen LogP contribution < -0.4 is 4.74 Å². The fraction of sp³-hybridized carbons (Fsp3) is 0.176. The maximum atomic E-state index is 15.8. The van der Waals surface area contributed by atoms with Crippen LogP contribution in [0.4, 0.5) is 52.7 Å². The molecule has 0 spiro atoms. The van der Waals surface area contributed by atoms with Crippen LogP contribution in [-0.2, 0) is 23.2 Å². The van der Waals surface area contributed by atoms with Gasteiger partial charge in [0.05, 0.1) is 22.3 Å². The quantitative estimate of drug-likeness (QED) is 0.103. The largest absolute Gasteiger partial charge is 0.478 e. The van der Waals surface area contributed by atoms with Gasteiger partial charge in [-0.3, -0.25) is 0 Å².